The number of hydrogen-bond acceptors (Lipinski definition) is 5. The first-order chi connectivity index (χ1) is 17.4. The van der Waals surface area contributed by atoms with E-state index in [0.29, 0.717) is 16.8 Å². The number of halogens is 2. The first-order valence-corrected chi connectivity index (χ1v) is 12.3. The van der Waals surface area contributed by atoms with Crippen LogP contribution in [0.4, 0.5) is 14.5 Å². The molecule has 0 unspecified atom stereocenters. The van der Waals surface area contributed by atoms with Crippen LogP contribution in [0, 0.1) is 11.6 Å². The molecule has 0 aliphatic carbocycles. The monoisotopic (exact) mass is 504 g/mol. The van der Waals surface area contributed by atoms with Crippen LogP contribution < -0.4 is 4.90 Å². The lowest BCUT2D eigenvalue weighted by Crippen LogP contribution is -2.57. The molecule has 0 bridgehead atoms. The quantitative estimate of drug-likeness (QED) is 0.318. The molecule has 2 N–H and O–H groups in total. The molecule has 1 aromatic heterocycles. The van der Waals surface area contributed by atoms with Crippen molar-refractivity contribution in [3.8, 4) is 16.9 Å². The second-order valence-corrected chi connectivity index (χ2v) is 9.68. The summed E-state index contributed by atoms with van der Waals surface area (Å²) in [5.74, 6) is -0.528. The number of thioether (sulfide) groups is 1. The maximum atomic E-state index is 13.6. The Labute approximate surface area is 211 Å². The Morgan fingerprint density at radius 3 is 2.25 bits per heavy atom. The summed E-state index contributed by atoms with van der Waals surface area (Å²) in [5.41, 5.74) is 3.51. The van der Waals surface area contributed by atoms with Crippen molar-refractivity contribution in [1.82, 2.24) is 4.98 Å². The zero-order valence-corrected chi connectivity index (χ0v) is 19.8. The van der Waals surface area contributed by atoms with Gasteiger partial charge in [-0.2, -0.15) is 0 Å². The van der Waals surface area contributed by atoms with Crippen molar-refractivity contribution < 1.29 is 23.8 Å². The van der Waals surface area contributed by atoms with Crippen LogP contribution in [0.2, 0.25) is 0 Å². The van der Waals surface area contributed by atoms with E-state index in [9.17, 15) is 23.8 Å². The normalized spacial score (nSPS) is 18.1. The summed E-state index contributed by atoms with van der Waals surface area (Å²) < 4.78 is 26.8. The summed E-state index contributed by atoms with van der Waals surface area (Å²) in [4.78, 5) is 18.8. The first-order valence-electron chi connectivity index (χ1n) is 11.3. The summed E-state index contributed by atoms with van der Waals surface area (Å²) in [5, 5.41) is 19.9. The van der Waals surface area contributed by atoms with Gasteiger partial charge in [0.1, 0.15) is 22.6 Å². The van der Waals surface area contributed by atoms with Crippen molar-refractivity contribution in [2.45, 2.75) is 17.4 Å². The van der Waals surface area contributed by atoms with Crippen molar-refractivity contribution in [3.05, 3.63) is 114 Å². The summed E-state index contributed by atoms with van der Waals surface area (Å²) in [7, 11) is 0. The molecule has 0 radical (unpaired) electrons. The molecule has 1 aliphatic rings. The Bertz CT molecular complexity index is 1370. The number of amides is 1. The third-order valence-electron chi connectivity index (χ3n) is 6.15. The lowest BCUT2D eigenvalue weighted by atomic mass is 9.92. The summed E-state index contributed by atoms with van der Waals surface area (Å²) in [6.07, 6.45) is 1.87. The topological polar surface area (TPSA) is 73.7 Å². The fraction of sp³-hybridized carbons (Fsp3) is 0.143. The second-order valence-electron chi connectivity index (χ2n) is 8.50. The molecule has 4 aromatic rings. The number of aromatic hydroxyl groups is 1. The minimum absolute atomic E-state index is 0.107. The largest absolute Gasteiger partial charge is 0.508 e. The van der Waals surface area contributed by atoms with Gasteiger partial charge in [0.05, 0.1) is 18.3 Å². The van der Waals surface area contributed by atoms with Gasteiger partial charge in [-0.1, -0.05) is 36.4 Å². The molecule has 182 valence electrons. The summed E-state index contributed by atoms with van der Waals surface area (Å²) >= 11 is 1.34. The average Bonchev–Trinajstić information content (AvgIpc) is 2.88. The number of carbonyl (C=O) groups excluding carboxylic acids is 1. The average molecular weight is 505 g/mol. The molecule has 5 rings (SSSR count). The van der Waals surface area contributed by atoms with Gasteiger partial charge in [-0.15, -0.1) is 11.8 Å². The Kier molecular flexibility index (Phi) is 6.71. The van der Waals surface area contributed by atoms with Gasteiger partial charge in [0.15, 0.2) is 0 Å². The van der Waals surface area contributed by atoms with Crippen molar-refractivity contribution in [2.75, 3.05) is 10.7 Å². The first kappa shape index (κ1) is 24.0. The number of carbonyl (C=O) groups is 1. The number of β-lactam (4-membered cyclic amide) rings is 1. The van der Waals surface area contributed by atoms with Crippen LogP contribution in [0.15, 0.2) is 91.3 Å². The Morgan fingerprint density at radius 2 is 1.58 bits per heavy atom. The van der Waals surface area contributed by atoms with Crippen LogP contribution in [0.5, 0.6) is 5.75 Å². The van der Waals surface area contributed by atoms with Crippen LogP contribution in [0.3, 0.4) is 0 Å². The molecule has 3 aromatic carbocycles. The molecule has 1 saturated heterocycles. The number of benzene rings is 3. The molecule has 0 saturated carbocycles. The molecular weight excluding hydrogens is 482 g/mol. The fourth-order valence-electron chi connectivity index (χ4n) is 4.27. The number of rotatable bonds is 7. The molecule has 0 spiro atoms. The smallest absolute Gasteiger partial charge is 0.243 e. The molecule has 2 heterocycles. The van der Waals surface area contributed by atoms with E-state index in [1.165, 1.54) is 42.1 Å². The number of aliphatic hydroxyl groups excluding tert-OH is 1. The van der Waals surface area contributed by atoms with Crippen molar-refractivity contribution in [2.24, 2.45) is 0 Å². The van der Waals surface area contributed by atoms with Gasteiger partial charge >= 0.3 is 0 Å². The third-order valence-corrected chi connectivity index (χ3v) is 7.48. The van der Waals surface area contributed by atoms with E-state index in [0.717, 1.165) is 17.3 Å². The Balaban J connectivity index is 1.37. The lowest BCUT2D eigenvalue weighted by Gasteiger charge is -2.47. The molecule has 1 fully saturated rings. The van der Waals surface area contributed by atoms with Gasteiger partial charge in [0.25, 0.3) is 0 Å². The molecule has 8 heteroatoms. The minimum Gasteiger partial charge on any atom is -0.508 e. The van der Waals surface area contributed by atoms with Crippen molar-refractivity contribution in [3.63, 3.8) is 0 Å². The predicted molar refractivity (Wildman–Crippen MR) is 136 cm³/mol. The maximum absolute atomic E-state index is 13.6. The van der Waals surface area contributed by atoms with E-state index < -0.39 is 17.2 Å². The number of aliphatic hydroxyl groups is 1. The van der Waals surface area contributed by atoms with Gasteiger partial charge in [0, 0.05) is 23.2 Å². The van der Waals surface area contributed by atoms with E-state index in [1.54, 1.807) is 47.5 Å². The van der Waals surface area contributed by atoms with Crippen molar-refractivity contribution in [1.29, 1.82) is 0 Å². The van der Waals surface area contributed by atoms with Gasteiger partial charge in [-0.3, -0.25) is 9.78 Å². The summed E-state index contributed by atoms with van der Waals surface area (Å²) in [6.45, 7) is 0. The van der Waals surface area contributed by atoms with E-state index in [-0.39, 0.29) is 29.3 Å². The van der Waals surface area contributed by atoms with Gasteiger partial charge < -0.3 is 15.1 Å². The number of anilines is 1. The highest BCUT2D eigenvalue weighted by Gasteiger charge is 2.49. The summed E-state index contributed by atoms with van der Waals surface area (Å²) in [6, 6.07) is 20.7. The number of nitrogens with zero attached hydrogens (tertiary/aromatic N) is 2. The Morgan fingerprint density at radius 1 is 0.889 bits per heavy atom. The van der Waals surface area contributed by atoms with Gasteiger partial charge in [-0.25, -0.2) is 8.78 Å². The van der Waals surface area contributed by atoms with Crippen LogP contribution in [-0.2, 0) is 4.79 Å². The highest BCUT2D eigenvalue weighted by atomic mass is 32.2. The van der Waals surface area contributed by atoms with Crippen LogP contribution in [-0.4, -0.2) is 32.1 Å². The fourth-order valence-corrected chi connectivity index (χ4v) is 5.57. The van der Waals surface area contributed by atoms with Gasteiger partial charge in [-0.05, 0) is 59.2 Å². The second kappa shape index (κ2) is 10.1. The molecule has 5 nitrogen and oxygen atoms in total. The Hall–Kier alpha value is -3.75. The van der Waals surface area contributed by atoms with E-state index in [4.69, 9.17) is 0 Å². The zero-order valence-electron chi connectivity index (χ0n) is 19.0. The van der Waals surface area contributed by atoms with Crippen molar-refractivity contribution >= 4 is 23.4 Å². The molecule has 1 aliphatic heterocycles. The third kappa shape index (κ3) is 4.82. The van der Waals surface area contributed by atoms with Crippen LogP contribution >= 0.6 is 11.8 Å². The minimum atomic E-state index is -0.850. The molecular formula is C28H22F2N2O3S. The number of phenols is 1. The lowest BCUT2D eigenvalue weighted by molar-refractivity contribution is -0.123. The number of pyridine rings is 1. The highest BCUT2D eigenvalue weighted by molar-refractivity contribution is 8.00. The SMILES string of the molecule is O=C1[C@H](SC[C@@H](O)c2ccc(F)cc2)[C@@H](c2ccc(O)cc2)N1c1ccc(-c2cncc(F)c2)cc1. The van der Waals surface area contributed by atoms with E-state index in [1.807, 2.05) is 12.1 Å². The van der Waals surface area contributed by atoms with Crippen LogP contribution in [0.25, 0.3) is 11.1 Å². The number of phenolic OH excluding ortho intramolecular Hbond substituents is 1. The molecule has 36 heavy (non-hydrogen) atoms. The predicted octanol–water partition coefficient (Wildman–Crippen LogP) is 5.66. The maximum Gasteiger partial charge on any atom is 0.243 e. The molecule has 1 amide bonds. The van der Waals surface area contributed by atoms with Crippen LogP contribution in [0.1, 0.15) is 23.3 Å². The number of aromatic nitrogens is 1. The zero-order chi connectivity index (χ0) is 25.2. The van der Waals surface area contributed by atoms with Gasteiger partial charge in [0.2, 0.25) is 5.91 Å². The molecule has 3 atom stereocenters. The van der Waals surface area contributed by atoms with E-state index >= 15 is 0 Å². The highest BCUT2D eigenvalue weighted by Crippen LogP contribution is 2.46. The standard InChI is InChI=1S/C28H22F2N2O3S/c29-21-7-1-18(2-8-21)25(34)16-36-27-26(19-5-11-24(33)12-6-19)32(28(27)35)23-9-3-17(4-10-23)20-13-22(30)15-31-14-20/h1-15,25-27,33-34H,16H2/t25-,26-,27-/m1/s1. The van der Waals surface area contributed by atoms with E-state index in [2.05, 4.69) is 4.98 Å². The number of hydrogen-bond donors (Lipinski definition) is 2.